The van der Waals surface area contributed by atoms with Crippen molar-refractivity contribution in [1.29, 1.82) is 0 Å². The van der Waals surface area contributed by atoms with Gasteiger partial charge in [0.1, 0.15) is 11.5 Å². The van der Waals surface area contributed by atoms with Gasteiger partial charge in [0.15, 0.2) is 0 Å². The minimum Gasteiger partial charge on any atom is -0.395 e. The van der Waals surface area contributed by atoms with Crippen molar-refractivity contribution in [2.75, 3.05) is 25.5 Å². The summed E-state index contributed by atoms with van der Waals surface area (Å²) in [6, 6.07) is 3.59. The summed E-state index contributed by atoms with van der Waals surface area (Å²) < 4.78 is 0. The van der Waals surface area contributed by atoms with Crippen LogP contribution in [-0.2, 0) is 0 Å². The van der Waals surface area contributed by atoms with Gasteiger partial charge in [-0.3, -0.25) is 4.79 Å². The third-order valence-corrected chi connectivity index (χ3v) is 3.20. The van der Waals surface area contributed by atoms with Gasteiger partial charge in [0.2, 0.25) is 0 Å². The number of aliphatic hydroxyl groups is 1. The Hall–Kier alpha value is -1.33. The Morgan fingerprint density at radius 3 is 2.89 bits per heavy atom. The zero-order chi connectivity index (χ0) is 13.1. The van der Waals surface area contributed by atoms with E-state index >= 15 is 0 Å². The van der Waals surface area contributed by atoms with Crippen LogP contribution in [0.2, 0.25) is 5.02 Å². The van der Waals surface area contributed by atoms with E-state index in [0.717, 1.165) is 12.8 Å². The first-order valence-corrected chi connectivity index (χ1v) is 6.31. The molecule has 0 aliphatic heterocycles. The van der Waals surface area contributed by atoms with Gasteiger partial charge in [0, 0.05) is 19.6 Å². The van der Waals surface area contributed by atoms with E-state index in [4.69, 9.17) is 16.7 Å². The van der Waals surface area contributed by atoms with E-state index in [-0.39, 0.29) is 24.2 Å². The summed E-state index contributed by atoms with van der Waals surface area (Å²) in [7, 11) is 1.73. The molecule has 0 aromatic carbocycles. The zero-order valence-corrected chi connectivity index (χ0v) is 10.9. The van der Waals surface area contributed by atoms with E-state index in [2.05, 4.69) is 10.3 Å². The second-order valence-electron chi connectivity index (χ2n) is 4.23. The third kappa shape index (κ3) is 2.73. The molecule has 98 valence electrons. The number of aliphatic hydroxyl groups excluding tert-OH is 1. The van der Waals surface area contributed by atoms with Crippen molar-refractivity contribution in [3.05, 3.63) is 22.8 Å². The predicted octanol–water partition coefficient (Wildman–Crippen LogP) is 1.37. The fraction of sp³-hybridized carbons (Fsp3) is 0.500. The Labute approximate surface area is 111 Å². The molecule has 2 rings (SSSR count). The van der Waals surface area contributed by atoms with Crippen LogP contribution >= 0.6 is 11.6 Å². The quantitative estimate of drug-likeness (QED) is 0.847. The van der Waals surface area contributed by atoms with Gasteiger partial charge < -0.3 is 15.3 Å². The number of amides is 1. The van der Waals surface area contributed by atoms with Gasteiger partial charge in [0.05, 0.1) is 11.6 Å². The van der Waals surface area contributed by atoms with Crippen molar-refractivity contribution in [2.24, 2.45) is 0 Å². The molecule has 0 atom stereocenters. The lowest BCUT2D eigenvalue weighted by Gasteiger charge is -2.21. The maximum absolute atomic E-state index is 12.3. The summed E-state index contributed by atoms with van der Waals surface area (Å²) in [5.41, 5.74) is 0.240. The maximum Gasteiger partial charge on any atom is 0.274 e. The van der Waals surface area contributed by atoms with Crippen molar-refractivity contribution < 1.29 is 9.90 Å². The molecular formula is C12H16ClN3O2. The maximum atomic E-state index is 12.3. The molecule has 0 radical (unpaired) electrons. The number of carbonyl (C=O) groups is 1. The molecule has 18 heavy (non-hydrogen) atoms. The first-order chi connectivity index (χ1) is 8.67. The highest BCUT2D eigenvalue weighted by Crippen LogP contribution is 2.29. The average Bonchev–Trinajstić information content (AvgIpc) is 3.20. The largest absolute Gasteiger partial charge is 0.395 e. The number of rotatable bonds is 5. The third-order valence-electron chi connectivity index (χ3n) is 2.89. The van der Waals surface area contributed by atoms with Crippen LogP contribution in [0.3, 0.4) is 0 Å². The molecule has 0 bridgehead atoms. The van der Waals surface area contributed by atoms with Gasteiger partial charge in [-0.25, -0.2) is 4.98 Å². The Bertz CT molecular complexity index is 449. The molecule has 0 spiro atoms. The Morgan fingerprint density at radius 1 is 1.61 bits per heavy atom. The fourth-order valence-electron chi connectivity index (χ4n) is 1.81. The Balaban J connectivity index is 2.25. The van der Waals surface area contributed by atoms with Crippen LogP contribution < -0.4 is 5.32 Å². The number of anilines is 1. The van der Waals surface area contributed by atoms with Gasteiger partial charge in [-0.15, -0.1) is 0 Å². The van der Waals surface area contributed by atoms with E-state index in [0.29, 0.717) is 17.4 Å². The molecule has 1 heterocycles. The highest BCUT2D eigenvalue weighted by Gasteiger charge is 2.34. The van der Waals surface area contributed by atoms with E-state index in [1.165, 1.54) is 0 Å². The molecule has 2 N–H and O–H groups in total. The van der Waals surface area contributed by atoms with E-state index in [1.807, 2.05) is 0 Å². The number of hydrogen-bond donors (Lipinski definition) is 2. The molecule has 1 aliphatic carbocycles. The Kier molecular flexibility index (Phi) is 4.04. The highest BCUT2D eigenvalue weighted by atomic mass is 35.5. The van der Waals surface area contributed by atoms with Crippen LogP contribution in [0.25, 0.3) is 0 Å². The summed E-state index contributed by atoms with van der Waals surface area (Å²) in [6.45, 7) is 0.275. The summed E-state index contributed by atoms with van der Waals surface area (Å²) >= 11 is 6.02. The number of halogens is 1. The van der Waals surface area contributed by atoms with E-state index in [1.54, 1.807) is 24.1 Å². The van der Waals surface area contributed by atoms with Crippen molar-refractivity contribution in [2.45, 2.75) is 18.9 Å². The highest BCUT2D eigenvalue weighted by molar-refractivity contribution is 6.33. The molecule has 6 heteroatoms. The minimum atomic E-state index is -0.214. The predicted molar refractivity (Wildman–Crippen MR) is 69.9 cm³/mol. The smallest absolute Gasteiger partial charge is 0.274 e. The molecule has 1 aromatic rings. The average molecular weight is 270 g/mol. The first-order valence-electron chi connectivity index (χ1n) is 5.93. The van der Waals surface area contributed by atoms with Gasteiger partial charge in [-0.05, 0) is 25.0 Å². The second-order valence-corrected chi connectivity index (χ2v) is 4.64. The van der Waals surface area contributed by atoms with Crippen molar-refractivity contribution in [3.8, 4) is 0 Å². The lowest BCUT2D eigenvalue weighted by Crippen LogP contribution is -2.36. The van der Waals surface area contributed by atoms with Crippen molar-refractivity contribution in [1.82, 2.24) is 9.88 Å². The van der Waals surface area contributed by atoms with Gasteiger partial charge in [0.25, 0.3) is 5.91 Å². The molecule has 1 amide bonds. The molecular weight excluding hydrogens is 254 g/mol. The van der Waals surface area contributed by atoms with Gasteiger partial charge in [-0.2, -0.15) is 0 Å². The lowest BCUT2D eigenvalue weighted by molar-refractivity contribution is 0.0702. The number of pyridine rings is 1. The SMILES string of the molecule is CNc1ccc(Cl)c(C(=O)N(CCO)C2CC2)n1. The number of hydrogen-bond acceptors (Lipinski definition) is 4. The van der Waals surface area contributed by atoms with Crippen LogP contribution in [0, 0.1) is 0 Å². The van der Waals surface area contributed by atoms with Crippen LogP contribution in [0.15, 0.2) is 12.1 Å². The lowest BCUT2D eigenvalue weighted by atomic mass is 10.3. The van der Waals surface area contributed by atoms with Gasteiger partial charge >= 0.3 is 0 Å². The van der Waals surface area contributed by atoms with Crippen LogP contribution in [0.1, 0.15) is 23.3 Å². The molecule has 1 aromatic heterocycles. The fourth-order valence-corrected chi connectivity index (χ4v) is 2.00. The normalized spacial score (nSPS) is 14.4. The first kappa shape index (κ1) is 13.1. The van der Waals surface area contributed by atoms with Crippen LogP contribution in [-0.4, -0.2) is 47.1 Å². The molecule has 5 nitrogen and oxygen atoms in total. The minimum absolute atomic E-state index is 0.0500. The monoisotopic (exact) mass is 269 g/mol. The zero-order valence-electron chi connectivity index (χ0n) is 10.2. The van der Waals surface area contributed by atoms with Crippen molar-refractivity contribution >= 4 is 23.3 Å². The summed E-state index contributed by atoms with van der Waals surface area (Å²) in [4.78, 5) is 18.2. The molecule has 1 saturated carbocycles. The molecule has 1 aliphatic rings. The summed E-state index contributed by atoms with van der Waals surface area (Å²) in [5, 5.41) is 12.2. The van der Waals surface area contributed by atoms with Crippen LogP contribution in [0.5, 0.6) is 0 Å². The number of nitrogens with one attached hydrogen (secondary N) is 1. The summed E-state index contributed by atoms with van der Waals surface area (Å²) in [5.74, 6) is 0.385. The van der Waals surface area contributed by atoms with Crippen LogP contribution in [0.4, 0.5) is 5.82 Å². The Morgan fingerprint density at radius 2 is 2.33 bits per heavy atom. The number of carbonyl (C=O) groups excluding carboxylic acids is 1. The van der Waals surface area contributed by atoms with E-state index in [9.17, 15) is 4.79 Å². The number of aromatic nitrogens is 1. The topological polar surface area (TPSA) is 65.5 Å². The number of nitrogens with zero attached hydrogens (tertiary/aromatic N) is 2. The summed E-state index contributed by atoms with van der Waals surface area (Å²) in [6.07, 6.45) is 1.96. The second kappa shape index (κ2) is 5.54. The molecule has 0 saturated heterocycles. The van der Waals surface area contributed by atoms with Crippen molar-refractivity contribution in [3.63, 3.8) is 0 Å². The van der Waals surface area contributed by atoms with E-state index < -0.39 is 0 Å². The molecule has 0 unspecified atom stereocenters. The molecule has 1 fully saturated rings. The van der Waals surface area contributed by atoms with Gasteiger partial charge in [-0.1, -0.05) is 11.6 Å². The standard InChI is InChI=1S/C12H16ClN3O2/c1-14-10-5-4-9(13)11(15-10)12(18)16(6-7-17)8-2-3-8/h4-5,8,17H,2-3,6-7H2,1H3,(H,14,15).